The lowest BCUT2D eigenvalue weighted by Gasteiger charge is -2.09. The molecule has 0 aliphatic rings. The molecule has 5 rings (SSSR count). The average Bonchev–Trinajstić information content (AvgIpc) is 3.24. The van der Waals surface area contributed by atoms with Gasteiger partial charge < -0.3 is 4.74 Å². The lowest BCUT2D eigenvalue weighted by Crippen LogP contribution is -2.22. The Morgan fingerprint density at radius 3 is 2.65 bits per heavy atom. The second kappa shape index (κ2) is 7.84. The van der Waals surface area contributed by atoms with Crippen LogP contribution in [-0.4, -0.2) is 9.38 Å². The number of aryl methyl sites for hydroxylation is 2. The SMILES string of the molecule is Cc1cc2nc3sc(=Cc4cc(Cl)ccc4OCc4ccccc4)c(=O)n3c2cc1C. The van der Waals surface area contributed by atoms with Crippen LogP contribution < -0.4 is 14.8 Å². The van der Waals surface area contributed by atoms with Gasteiger partial charge in [-0.2, -0.15) is 0 Å². The topological polar surface area (TPSA) is 43.6 Å². The summed E-state index contributed by atoms with van der Waals surface area (Å²) in [5.74, 6) is 0.676. The van der Waals surface area contributed by atoms with Crippen molar-refractivity contribution >= 4 is 45.0 Å². The first-order valence-corrected chi connectivity index (χ1v) is 11.1. The molecule has 0 saturated carbocycles. The molecule has 0 atom stereocenters. The maximum atomic E-state index is 13.2. The van der Waals surface area contributed by atoms with Crippen molar-refractivity contribution in [1.82, 2.24) is 9.38 Å². The van der Waals surface area contributed by atoms with Crippen molar-refractivity contribution in [3.05, 3.63) is 103 Å². The summed E-state index contributed by atoms with van der Waals surface area (Å²) in [6.07, 6.45) is 1.83. The number of thiazole rings is 1. The minimum Gasteiger partial charge on any atom is -0.488 e. The van der Waals surface area contributed by atoms with Crippen LogP contribution in [0.25, 0.3) is 22.1 Å². The van der Waals surface area contributed by atoms with E-state index in [1.807, 2.05) is 67.6 Å². The maximum Gasteiger partial charge on any atom is 0.274 e. The van der Waals surface area contributed by atoms with E-state index in [0.717, 1.165) is 33.3 Å². The number of hydrogen-bond donors (Lipinski definition) is 0. The van der Waals surface area contributed by atoms with Gasteiger partial charge in [-0.15, -0.1) is 0 Å². The van der Waals surface area contributed by atoms with Gasteiger partial charge in [0.25, 0.3) is 5.56 Å². The Morgan fingerprint density at radius 1 is 1.06 bits per heavy atom. The van der Waals surface area contributed by atoms with Crippen molar-refractivity contribution in [3.63, 3.8) is 0 Å². The van der Waals surface area contributed by atoms with Crippen LogP contribution in [-0.2, 0) is 6.61 Å². The Bertz CT molecular complexity index is 1540. The standard InChI is InChI=1S/C25H19ClN2O2S/c1-15-10-20-21(11-16(15)2)28-24(29)23(31-25(28)27-20)13-18-12-19(26)8-9-22(18)30-14-17-6-4-3-5-7-17/h3-13H,14H2,1-2H3. The third-order valence-corrected chi connectivity index (χ3v) is 6.55. The number of aromatic nitrogens is 2. The third kappa shape index (κ3) is 3.71. The molecule has 0 radical (unpaired) electrons. The first-order valence-electron chi connectivity index (χ1n) is 9.90. The molecule has 6 heteroatoms. The minimum atomic E-state index is -0.0836. The second-order valence-electron chi connectivity index (χ2n) is 7.53. The van der Waals surface area contributed by atoms with Gasteiger partial charge in [0.1, 0.15) is 12.4 Å². The van der Waals surface area contributed by atoms with Gasteiger partial charge in [0.15, 0.2) is 4.96 Å². The minimum absolute atomic E-state index is 0.0836. The second-order valence-corrected chi connectivity index (χ2v) is 8.97. The van der Waals surface area contributed by atoms with Crippen LogP contribution in [0.5, 0.6) is 5.75 Å². The number of ether oxygens (including phenoxy) is 1. The summed E-state index contributed by atoms with van der Waals surface area (Å²) in [6.45, 7) is 4.53. The van der Waals surface area contributed by atoms with Gasteiger partial charge in [-0.3, -0.25) is 4.79 Å². The average molecular weight is 447 g/mol. The lowest BCUT2D eigenvalue weighted by atomic mass is 10.1. The molecule has 5 aromatic rings. The zero-order valence-corrected chi connectivity index (χ0v) is 18.6. The summed E-state index contributed by atoms with van der Waals surface area (Å²) < 4.78 is 8.32. The molecule has 0 aliphatic carbocycles. The molecule has 0 N–H and O–H groups in total. The highest BCUT2D eigenvalue weighted by molar-refractivity contribution is 7.15. The molecule has 0 aliphatic heterocycles. The molecule has 2 aromatic heterocycles. The maximum absolute atomic E-state index is 13.2. The molecule has 31 heavy (non-hydrogen) atoms. The Hall–Kier alpha value is -3.15. The summed E-state index contributed by atoms with van der Waals surface area (Å²) >= 11 is 7.61. The van der Waals surface area contributed by atoms with Crippen molar-refractivity contribution in [2.45, 2.75) is 20.5 Å². The van der Waals surface area contributed by atoms with Crippen LogP contribution in [0.4, 0.5) is 0 Å². The van der Waals surface area contributed by atoms with E-state index >= 15 is 0 Å². The van der Waals surface area contributed by atoms with Crippen molar-refractivity contribution in [1.29, 1.82) is 0 Å². The first kappa shape index (κ1) is 19.8. The van der Waals surface area contributed by atoms with E-state index in [2.05, 4.69) is 11.9 Å². The largest absolute Gasteiger partial charge is 0.488 e. The van der Waals surface area contributed by atoms with Crippen LogP contribution in [0, 0.1) is 13.8 Å². The van der Waals surface area contributed by atoms with E-state index in [1.54, 1.807) is 10.5 Å². The number of benzene rings is 3. The molecular weight excluding hydrogens is 428 g/mol. The van der Waals surface area contributed by atoms with E-state index in [4.69, 9.17) is 16.3 Å². The number of halogens is 1. The fraction of sp³-hybridized carbons (Fsp3) is 0.120. The van der Waals surface area contributed by atoms with Gasteiger partial charge in [0.05, 0.1) is 15.6 Å². The van der Waals surface area contributed by atoms with E-state index in [1.165, 1.54) is 11.3 Å². The van der Waals surface area contributed by atoms with Crippen LogP contribution in [0.2, 0.25) is 5.02 Å². The van der Waals surface area contributed by atoms with Crippen LogP contribution in [0.15, 0.2) is 65.5 Å². The quantitative estimate of drug-likeness (QED) is 0.376. The van der Waals surface area contributed by atoms with E-state index < -0.39 is 0 Å². The zero-order chi connectivity index (χ0) is 21.5. The Labute approximate surface area is 188 Å². The van der Waals surface area contributed by atoms with Crippen molar-refractivity contribution < 1.29 is 4.74 Å². The molecule has 0 unspecified atom stereocenters. The summed E-state index contributed by atoms with van der Waals surface area (Å²) in [4.78, 5) is 18.6. The van der Waals surface area contributed by atoms with Gasteiger partial charge in [0.2, 0.25) is 0 Å². The number of imidazole rings is 1. The molecule has 0 saturated heterocycles. The van der Waals surface area contributed by atoms with Gasteiger partial charge in [-0.1, -0.05) is 53.3 Å². The summed E-state index contributed by atoms with van der Waals surface area (Å²) in [6, 6.07) is 19.4. The summed E-state index contributed by atoms with van der Waals surface area (Å²) in [5, 5.41) is 0.587. The molecule has 154 valence electrons. The van der Waals surface area contributed by atoms with Crippen molar-refractivity contribution in [2.75, 3.05) is 0 Å². The first-order chi connectivity index (χ1) is 15.0. The smallest absolute Gasteiger partial charge is 0.274 e. The number of rotatable bonds is 4. The van der Waals surface area contributed by atoms with Gasteiger partial charge >= 0.3 is 0 Å². The van der Waals surface area contributed by atoms with Crippen LogP contribution in [0.1, 0.15) is 22.3 Å². The fourth-order valence-corrected chi connectivity index (χ4v) is 4.72. The summed E-state index contributed by atoms with van der Waals surface area (Å²) in [5.41, 5.74) is 5.73. The number of nitrogens with zero attached hydrogens (tertiary/aromatic N) is 2. The van der Waals surface area contributed by atoms with Gasteiger partial charge in [-0.05, 0) is 66.9 Å². The predicted molar refractivity (Wildman–Crippen MR) is 127 cm³/mol. The number of hydrogen-bond acceptors (Lipinski definition) is 4. The fourth-order valence-electron chi connectivity index (χ4n) is 3.56. The van der Waals surface area contributed by atoms with E-state index in [-0.39, 0.29) is 5.56 Å². The molecule has 4 nitrogen and oxygen atoms in total. The van der Waals surface area contributed by atoms with Crippen LogP contribution in [0.3, 0.4) is 0 Å². The molecular formula is C25H19ClN2O2S. The Morgan fingerprint density at radius 2 is 1.84 bits per heavy atom. The highest BCUT2D eigenvalue weighted by Crippen LogP contribution is 2.25. The monoisotopic (exact) mass is 446 g/mol. The van der Waals surface area contributed by atoms with E-state index in [0.29, 0.717) is 26.9 Å². The third-order valence-electron chi connectivity index (χ3n) is 5.35. The molecule has 0 bridgehead atoms. The van der Waals surface area contributed by atoms with Crippen LogP contribution >= 0.6 is 22.9 Å². The van der Waals surface area contributed by atoms with Crippen molar-refractivity contribution in [3.8, 4) is 5.75 Å². The predicted octanol–water partition coefficient (Wildman–Crippen LogP) is 5.31. The highest BCUT2D eigenvalue weighted by Gasteiger charge is 2.13. The molecule has 0 fully saturated rings. The molecule has 0 amide bonds. The zero-order valence-electron chi connectivity index (χ0n) is 17.1. The molecule has 0 spiro atoms. The molecule has 2 heterocycles. The number of fused-ring (bicyclic) bond motifs is 3. The Balaban J connectivity index is 1.60. The van der Waals surface area contributed by atoms with Gasteiger partial charge in [0, 0.05) is 10.6 Å². The normalized spacial score (nSPS) is 12.2. The highest BCUT2D eigenvalue weighted by atomic mass is 35.5. The van der Waals surface area contributed by atoms with Gasteiger partial charge in [-0.25, -0.2) is 9.38 Å². The van der Waals surface area contributed by atoms with E-state index in [9.17, 15) is 4.79 Å². The van der Waals surface area contributed by atoms with Crippen molar-refractivity contribution in [2.24, 2.45) is 0 Å². The summed E-state index contributed by atoms with van der Waals surface area (Å²) in [7, 11) is 0. The molecule has 3 aromatic carbocycles. The lowest BCUT2D eigenvalue weighted by molar-refractivity contribution is 0.305. The Kier molecular flexibility index (Phi) is 5.00.